The third-order valence-corrected chi connectivity index (χ3v) is 9.15. The fraction of sp³-hybridized carbons (Fsp3) is 0.370. The van der Waals surface area contributed by atoms with Crippen molar-refractivity contribution >= 4 is 38.1 Å². The molecule has 1 aliphatic heterocycles. The van der Waals surface area contributed by atoms with Crippen LogP contribution in [0.3, 0.4) is 0 Å². The van der Waals surface area contributed by atoms with Crippen LogP contribution in [0.1, 0.15) is 56.3 Å². The lowest BCUT2D eigenvalue weighted by Gasteiger charge is -2.33. The van der Waals surface area contributed by atoms with Gasteiger partial charge in [0.2, 0.25) is 10.0 Å². The van der Waals surface area contributed by atoms with E-state index >= 15 is 0 Å². The fourth-order valence-corrected chi connectivity index (χ4v) is 7.24. The molecule has 1 heterocycles. The zero-order chi connectivity index (χ0) is 24.6. The first-order valence-electron chi connectivity index (χ1n) is 11.9. The number of hydrogen-bond donors (Lipinski definition) is 1. The van der Waals surface area contributed by atoms with Gasteiger partial charge in [0, 0.05) is 29.7 Å². The Kier molecular flexibility index (Phi) is 7.42. The smallest absolute Gasteiger partial charge is 0.282 e. The molecule has 2 aliphatic rings. The lowest BCUT2D eigenvalue weighted by molar-refractivity contribution is -0.385. The van der Waals surface area contributed by atoms with E-state index < -0.39 is 20.9 Å². The van der Waals surface area contributed by atoms with Crippen LogP contribution in [0.2, 0.25) is 0 Å². The van der Waals surface area contributed by atoms with E-state index in [0.717, 1.165) is 32.1 Å². The van der Waals surface area contributed by atoms with Crippen molar-refractivity contribution in [3.05, 3.63) is 76.3 Å². The van der Waals surface area contributed by atoms with Crippen LogP contribution in [0.5, 0.6) is 0 Å². The first-order chi connectivity index (χ1) is 16.8. The summed E-state index contributed by atoms with van der Waals surface area (Å²) in [5.74, 6) is 0.0232. The first-order valence-corrected chi connectivity index (χ1v) is 13.4. The second-order valence-electron chi connectivity index (χ2n) is 9.36. The quantitative estimate of drug-likeness (QED) is 0.336. The average molecular weight is 510 g/mol. The monoisotopic (exact) mass is 509 g/mol. The Labute approximate surface area is 211 Å². The summed E-state index contributed by atoms with van der Waals surface area (Å²) in [6, 6.07) is 16.0. The van der Waals surface area contributed by atoms with Gasteiger partial charge in [0.15, 0.2) is 0 Å². The summed E-state index contributed by atoms with van der Waals surface area (Å²) in [7, 11) is -3.65. The molecule has 1 amide bonds. The fourth-order valence-electron chi connectivity index (χ4n) is 5.50. The molecule has 2 fully saturated rings. The number of nitro benzene ring substituents is 1. The molecule has 0 spiro atoms. The van der Waals surface area contributed by atoms with Crippen LogP contribution in [-0.4, -0.2) is 36.1 Å². The van der Waals surface area contributed by atoms with E-state index in [1.807, 2.05) is 0 Å². The van der Waals surface area contributed by atoms with Crippen LogP contribution in [-0.2, 0) is 10.0 Å². The minimum atomic E-state index is -3.65. The molecule has 1 saturated carbocycles. The summed E-state index contributed by atoms with van der Waals surface area (Å²) in [6.07, 6.45) is 6.08. The molecule has 2 bridgehead atoms. The first kappa shape index (κ1) is 25.8. The van der Waals surface area contributed by atoms with Crippen LogP contribution in [0.4, 0.5) is 11.4 Å². The van der Waals surface area contributed by atoms with Gasteiger partial charge >= 0.3 is 0 Å². The van der Waals surface area contributed by atoms with Crippen molar-refractivity contribution in [2.75, 3.05) is 11.9 Å². The van der Waals surface area contributed by atoms with Crippen molar-refractivity contribution in [2.45, 2.75) is 56.9 Å². The summed E-state index contributed by atoms with van der Waals surface area (Å²) < 4.78 is 29.0. The molecular formula is C27H31N3O5S. The van der Waals surface area contributed by atoms with E-state index in [9.17, 15) is 23.3 Å². The van der Waals surface area contributed by atoms with Crippen LogP contribution < -0.4 is 5.32 Å². The van der Waals surface area contributed by atoms with Gasteiger partial charge in [-0.25, -0.2) is 8.42 Å². The minimum Gasteiger partial charge on any atom is -0.321 e. The second kappa shape index (κ2) is 10.4. The topological polar surface area (TPSA) is 110 Å². The van der Waals surface area contributed by atoms with Crippen molar-refractivity contribution in [3.8, 4) is 0 Å². The van der Waals surface area contributed by atoms with Gasteiger partial charge in [-0.05, 0) is 61.3 Å². The van der Waals surface area contributed by atoms with Crippen LogP contribution in [0.25, 0.3) is 10.8 Å². The molecule has 8 nitrogen and oxygen atoms in total. The lowest BCUT2D eigenvalue weighted by atomic mass is 9.84. The number of nitrogens with one attached hydrogen (secondary N) is 1. The number of hydrogen-bond acceptors (Lipinski definition) is 5. The van der Waals surface area contributed by atoms with E-state index in [2.05, 4.69) is 5.32 Å². The molecule has 190 valence electrons. The Morgan fingerprint density at radius 2 is 1.78 bits per heavy atom. The van der Waals surface area contributed by atoms with E-state index in [1.54, 1.807) is 46.8 Å². The van der Waals surface area contributed by atoms with Crippen molar-refractivity contribution in [3.63, 3.8) is 0 Å². The number of sulfonamides is 1. The predicted octanol–water partition coefficient (Wildman–Crippen LogP) is 5.98. The summed E-state index contributed by atoms with van der Waals surface area (Å²) in [5.41, 5.74) is 0.140. The maximum atomic E-state index is 13.6. The molecule has 0 radical (unpaired) electrons. The number of carbonyl (C=O) groups excluding carboxylic acids is 1. The Morgan fingerprint density at radius 1 is 1.00 bits per heavy atom. The summed E-state index contributed by atoms with van der Waals surface area (Å²) in [4.78, 5) is 23.8. The molecule has 9 heteroatoms. The molecule has 3 aromatic carbocycles. The molecule has 3 aromatic rings. The zero-order valence-electron chi connectivity index (χ0n) is 19.2. The summed E-state index contributed by atoms with van der Waals surface area (Å²) >= 11 is 0. The number of rotatable bonds is 5. The van der Waals surface area contributed by atoms with E-state index in [4.69, 9.17) is 0 Å². The Morgan fingerprint density at radius 3 is 2.58 bits per heavy atom. The molecule has 36 heavy (non-hydrogen) atoms. The van der Waals surface area contributed by atoms with Gasteiger partial charge in [-0.1, -0.05) is 50.6 Å². The van der Waals surface area contributed by atoms with Crippen molar-refractivity contribution in [1.29, 1.82) is 0 Å². The van der Waals surface area contributed by atoms with Gasteiger partial charge in [-0.2, -0.15) is 4.31 Å². The molecular weight excluding hydrogens is 478 g/mol. The van der Waals surface area contributed by atoms with Crippen molar-refractivity contribution < 1.29 is 18.1 Å². The number of carbonyl (C=O) groups is 1. The highest BCUT2D eigenvalue weighted by atomic mass is 32.2. The third kappa shape index (κ3) is 4.85. The normalized spacial score (nSPS) is 20.2. The van der Waals surface area contributed by atoms with Gasteiger partial charge in [0.05, 0.1) is 9.82 Å². The number of para-hydroxylation sites is 1. The molecule has 1 N–H and O–H groups in total. The van der Waals surface area contributed by atoms with Crippen LogP contribution >= 0.6 is 0 Å². The van der Waals surface area contributed by atoms with Crippen LogP contribution in [0.15, 0.2) is 65.6 Å². The van der Waals surface area contributed by atoms with E-state index in [-0.39, 0.29) is 29.6 Å². The number of nitro groups is 1. The summed E-state index contributed by atoms with van der Waals surface area (Å²) in [6.45, 7) is 0.549. The van der Waals surface area contributed by atoms with Crippen LogP contribution in [0, 0.1) is 16.0 Å². The van der Waals surface area contributed by atoms with Crippen molar-refractivity contribution in [1.82, 2.24) is 4.31 Å². The molecule has 1 aliphatic carbocycles. The van der Waals surface area contributed by atoms with Gasteiger partial charge < -0.3 is 5.32 Å². The van der Waals surface area contributed by atoms with Crippen molar-refractivity contribution in [2.24, 2.45) is 5.92 Å². The molecule has 2 atom stereocenters. The Bertz CT molecular complexity index is 1410. The number of anilines is 1. The van der Waals surface area contributed by atoms with Gasteiger partial charge in [-0.3, -0.25) is 14.9 Å². The average Bonchev–Trinajstić information content (AvgIpc) is 3.01. The highest BCUT2D eigenvalue weighted by molar-refractivity contribution is 7.89. The Hall–Kier alpha value is -3.30. The number of amides is 1. The second-order valence-corrected chi connectivity index (χ2v) is 11.3. The molecule has 2 unspecified atom stereocenters. The SMILES string of the molecule is C.O=C(Nc1cccc2cc(S(=O)(=O)N3CCCC4CCCC3C4)ccc12)c1ccccc1[N+](=O)[O-]. The summed E-state index contributed by atoms with van der Waals surface area (Å²) in [5, 5.41) is 15.4. The third-order valence-electron chi connectivity index (χ3n) is 7.21. The predicted molar refractivity (Wildman–Crippen MR) is 141 cm³/mol. The largest absolute Gasteiger partial charge is 0.321 e. The van der Waals surface area contributed by atoms with E-state index in [1.165, 1.54) is 24.6 Å². The Balaban J connectivity index is 0.00000304. The number of nitrogens with zero attached hydrogens (tertiary/aromatic N) is 2. The highest BCUT2D eigenvalue weighted by Gasteiger charge is 2.36. The zero-order valence-corrected chi connectivity index (χ0v) is 20.0. The maximum absolute atomic E-state index is 13.6. The number of benzene rings is 3. The molecule has 0 aromatic heterocycles. The maximum Gasteiger partial charge on any atom is 0.282 e. The minimum absolute atomic E-state index is 0. The number of fused-ring (bicyclic) bond motifs is 3. The highest BCUT2D eigenvalue weighted by Crippen LogP contribution is 2.37. The lowest BCUT2D eigenvalue weighted by Crippen LogP contribution is -2.41. The van der Waals surface area contributed by atoms with Gasteiger partial charge in [0.25, 0.3) is 11.6 Å². The van der Waals surface area contributed by atoms with Gasteiger partial charge in [-0.15, -0.1) is 0 Å². The molecule has 1 saturated heterocycles. The standard InChI is InChI=1S/C26H27N3O5S.CH4/c30-26(23-10-1-2-12-25(23)29(31)32)27-24-11-4-8-19-17-21(13-14-22(19)24)35(33,34)28-15-5-7-18-6-3-9-20(28)16-18;/h1-2,4,8,10-14,17-18,20H,3,5-7,9,15-16H2,(H,27,30);1H4. The van der Waals surface area contributed by atoms with Gasteiger partial charge in [0.1, 0.15) is 5.56 Å². The van der Waals surface area contributed by atoms with E-state index in [0.29, 0.717) is 28.9 Å². The molecule has 5 rings (SSSR count).